The summed E-state index contributed by atoms with van der Waals surface area (Å²) in [7, 11) is 1.97. The van der Waals surface area contributed by atoms with Gasteiger partial charge in [-0.15, -0.1) is 11.3 Å². The van der Waals surface area contributed by atoms with Gasteiger partial charge in [0.05, 0.1) is 16.5 Å². The van der Waals surface area contributed by atoms with Gasteiger partial charge >= 0.3 is 0 Å². The van der Waals surface area contributed by atoms with Crippen LogP contribution in [0.1, 0.15) is 30.4 Å². The molecule has 3 heterocycles. The third kappa shape index (κ3) is 4.14. The van der Waals surface area contributed by atoms with Crippen molar-refractivity contribution in [3.05, 3.63) is 38.8 Å². The average molecular weight is 396 g/mol. The van der Waals surface area contributed by atoms with Crippen LogP contribution in [-0.4, -0.2) is 40.3 Å². The first-order valence-electron chi connectivity index (χ1n) is 7.90. The molecule has 23 heavy (non-hydrogen) atoms. The van der Waals surface area contributed by atoms with Crippen molar-refractivity contribution in [2.24, 2.45) is 12.0 Å². The van der Waals surface area contributed by atoms with Gasteiger partial charge in [0.1, 0.15) is 0 Å². The lowest BCUT2D eigenvalue weighted by atomic mass is 10.0. The third-order valence-corrected chi connectivity index (χ3v) is 5.61. The molecule has 1 aliphatic rings. The second kappa shape index (κ2) is 7.49. The van der Waals surface area contributed by atoms with Crippen molar-refractivity contribution in [1.82, 2.24) is 20.0 Å². The van der Waals surface area contributed by atoms with Crippen LogP contribution in [0.3, 0.4) is 0 Å². The van der Waals surface area contributed by atoms with E-state index in [0.29, 0.717) is 5.92 Å². The second-order valence-electron chi connectivity index (χ2n) is 5.81. The van der Waals surface area contributed by atoms with Crippen molar-refractivity contribution in [3.63, 3.8) is 0 Å². The zero-order valence-corrected chi connectivity index (χ0v) is 15.9. The zero-order valence-electron chi connectivity index (χ0n) is 13.5. The van der Waals surface area contributed by atoms with Crippen LogP contribution in [0.5, 0.6) is 0 Å². The van der Waals surface area contributed by atoms with E-state index in [2.05, 4.69) is 55.8 Å². The maximum absolute atomic E-state index is 4.81. The molecule has 0 aromatic carbocycles. The Morgan fingerprint density at radius 1 is 1.57 bits per heavy atom. The van der Waals surface area contributed by atoms with Crippen molar-refractivity contribution in [1.29, 1.82) is 0 Å². The van der Waals surface area contributed by atoms with Crippen LogP contribution in [0.25, 0.3) is 0 Å². The van der Waals surface area contributed by atoms with Crippen LogP contribution in [-0.2, 0) is 13.6 Å². The molecule has 1 aliphatic heterocycles. The quantitative estimate of drug-likeness (QED) is 0.638. The minimum Gasteiger partial charge on any atom is -0.357 e. The molecule has 0 saturated carbocycles. The summed E-state index contributed by atoms with van der Waals surface area (Å²) in [6, 6.07) is 2.14. The highest BCUT2D eigenvalue weighted by molar-refractivity contribution is 9.11. The topological polar surface area (TPSA) is 45.5 Å². The van der Waals surface area contributed by atoms with Gasteiger partial charge < -0.3 is 10.2 Å². The normalized spacial score (nSPS) is 18.7. The van der Waals surface area contributed by atoms with E-state index >= 15 is 0 Å². The number of aryl methyl sites for hydroxylation is 1. The van der Waals surface area contributed by atoms with E-state index < -0.39 is 0 Å². The molecule has 1 atom stereocenters. The van der Waals surface area contributed by atoms with Gasteiger partial charge in [-0.25, -0.2) is 4.99 Å². The number of hydrogen-bond acceptors (Lipinski definition) is 3. The average Bonchev–Trinajstić information content (AvgIpc) is 3.24. The lowest BCUT2D eigenvalue weighted by molar-refractivity contribution is 0.486. The van der Waals surface area contributed by atoms with E-state index in [9.17, 15) is 0 Å². The Labute approximate surface area is 149 Å². The summed E-state index contributed by atoms with van der Waals surface area (Å²) in [6.45, 7) is 5.77. The Kier molecular flexibility index (Phi) is 5.38. The van der Waals surface area contributed by atoms with Gasteiger partial charge in [-0.1, -0.05) is 0 Å². The van der Waals surface area contributed by atoms with Crippen LogP contribution in [0.2, 0.25) is 0 Å². The summed E-state index contributed by atoms with van der Waals surface area (Å²) in [6.07, 6.45) is 5.27. The zero-order chi connectivity index (χ0) is 16.2. The van der Waals surface area contributed by atoms with Gasteiger partial charge in [-0.3, -0.25) is 4.68 Å². The molecule has 1 unspecified atom stereocenters. The minimum absolute atomic E-state index is 0.544. The Morgan fingerprint density at radius 3 is 3.09 bits per heavy atom. The fraction of sp³-hybridized carbons (Fsp3) is 0.500. The summed E-state index contributed by atoms with van der Waals surface area (Å²) < 4.78 is 3.04. The summed E-state index contributed by atoms with van der Waals surface area (Å²) in [5.41, 5.74) is 2.58. The summed E-state index contributed by atoms with van der Waals surface area (Å²) in [4.78, 5) is 7.17. The van der Waals surface area contributed by atoms with Crippen LogP contribution in [0.4, 0.5) is 0 Å². The van der Waals surface area contributed by atoms with Gasteiger partial charge in [0, 0.05) is 38.8 Å². The highest BCUT2D eigenvalue weighted by Gasteiger charge is 2.26. The van der Waals surface area contributed by atoms with Crippen LogP contribution in [0, 0.1) is 0 Å². The van der Waals surface area contributed by atoms with E-state index in [4.69, 9.17) is 4.99 Å². The summed E-state index contributed by atoms with van der Waals surface area (Å²) in [5.74, 6) is 1.56. The Hall–Kier alpha value is -1.34. The van der Waals surface area contributed by atoms with Gasteiger partial charge in [-0.2, -0.15) is 5.10 Å². The molecule has 0 aliphatic carbocycles. The number of guanidine groups is 1. The number of aliphatic imine (C=N–C) groups is 1. The number of aromatic nitrogens is 2. The lowest BCUT2D eigenvalue weighted by Crippen LogP contribution is -2.39. The predicted octanol–water partition coefficient (Wildman–Crippen LogP) is 3.20. The molecule has 1 fully saturated rings. The monoisotopic (exact) mass is 395 g/mol. The summed E-state index contributed by atoms with van der Waals surface area (Å²) in [5, 5.41) is 9.87. The molecular formula is C16H22BrN5S. The first kappa shape index (κ1) is 16.5. The molecule has 0 radical (unpaired) electrons. The molecule has 0 spiro atoms. The Morgan fingerprint density at radius 2 is 2.43 bits per heavy atom. The van der Waals surface area contributed by atoms with Gasteiger partial charge in [-0.05, 0) is 51.8 Å². The van der Waals surface area contributed by atoms with E-state index in [1.807, 2.05) is 17.9 Å². The molecule has 5 nitrogen and oxygen atoms in total. The molecule has 1 saturated heterocycles. The highest BCUT2D eigenvalue weighted by Crippen LogP contribution is 2.27. The van der Waals surface area contributed by atoms with Gasteiger partial charge in [0.25, 0.3) is 0 Å². The van der Waals surface area contributed by atoms with Crippen molar-refractivity contribution in [3.8, 4) is 0 Å². The number of nitrogens with zero attached hydrogens (tertiary/aromatic N) is 4. The molecule has 0 bridgehead atoms. The smallest absolute Gasteiger partial charge is 0.194 e. The Balaban J connectivity index is 1.66. The van der Waals surface area contributed by atoms with E-state index in [1.165, 1.54) is 11.1 Å². The highest BCUT2D eigenvalue weighted by atomic mass is 79.9. The maximum atomic E-state index is 4.81. The van der Waals surface area contributed by atoms with Crippen LogP contribution >= 0.6 is 27.3 Å². The standard InChI is InChI=1S/C16H22BrN5S/c1-3-18-16(19-7-12-6-15(17)23-11-12)22-5-4-13(10-22)14-8-20-21(2)9-14/h6,8-9,11,13H,3-5,7,10H2,1-2H3,(H,18,19). The number of likely N-dealkylation sites (tertiary alicyclic amines) is 1. The number of thiophene rings is 1. The Bertz CT molecular complexity index is 678. The maximum Gasteiger partial charge on any atom is 0.194 e. The van der Waals surface area contributed by atoms with Gasteiger partial charge in [0.2, 0.25) is 0 Å². The van der Waals surface area contributed by atoms with Crippen molar-refractivity contribution < 1.29 is 0 Å². The molecule has 7 heteroatoms. The minimum atomic E-state index is 0.544. The fourth-order valence-electron chi connectivity index (χ4n) is 2.90. The molecule has 0 amide bonds. The molecule has 3 rings (SSSR count). The first-order valence-corrected chi connectivity index (χ1v) is 9.57. The largest absolute Gasteiger partial charge is 0.357 e. The molecule has 2 aromatic heterocycles. The summed E-state index contributed by atoms with van der Waals surface area (Å²) >= 11 is 5.21. The molecule has 1 N–H and O–H groups in total. The predicted molar refractivity (Wildman–Crippen MR) is 99.0 cm³/mol. The van der Waals surface area contributed by atoms with E-state index in [0.717, 1.165) is 42.3 Å². The van der Waals surface area contributed by atoms with E-state index in [-0.39, 0.29) is 0 Å². The van der Waals surface area contributed by atoms with Crippen LogP contribution < -0.4 is 5.32 Å². The molecular weight excluding hydrogens is 374 g/mol. The van der Waals surface area contributed by atoms with Gasteiger partial charge in [0.15, 0.2) is 5.96 Å². The van der Waals surface area contributed by atoms with E-state index in [1.54, 1.807) is 11.3 Å². The number of rotatable bonds is 4. The second-order valence-corrected chi connectivity index (χ2v) is 8.10. The molecule has 124 valence electrons. The number of halogens is 1. The first-order chi connectivity index (χ1) is 11.2. The number of hydrogen-bond donors (Lipinski definition) is 1. The SMILES string of the molecule is CCNC(=NCc1csc(Br)c1)N1CCC(c2cnn(C)c2)C1. The lowest BCUT2D eigenvalue weighted by Gasteiger charge is -2.21. The third-order valence-electron chi connectivity index (χ3n) is 4.05. The fourth-order valence-corrected chi connectivity index (χ4v) is 4.10. The van der Waals surface area contributed by atoms with Crippen molar-refractivity contribution in [2.75, 3.05) is 19.6 Å². The van der Waals surface area contributed by atoms with Crippen LogP contribution in [0.15, 0.2) is 32.6 Å². The van der Waals surface area contributed by atoms with Crippen molar-refractivity contribution in [2.45, 2.75) is 25.8 Å². The molecule has 2 aromatic rings. The number of nitrogens with one attached hydrogen (secondary N) is 1. The van der Waals surface area contributed by atoms with Crippen molar-refractivity contribution >= 4 is 33.2 Å².